The van der Waals surface area contributed by atoms with Gasteiger partial charge in [0.15, 0.2) is 0 Å². The summed E-state index contributed by atoms with van der Waals surface area (Å²) in [5.41, 5.74) is 1.52. The Bertz CT molecular complexity index is 373. The van der Waals surface area contributed by atoms with Gasteiger partial charge in [-0.25, -0.2) is 0 Å². The van der Waals surface area contributed by atoms with Crippen LogP contribution in [-0.4, -0.2) is 23.3 Å². The summed E-state index contributed by atoms with van der Waals surface area (Å²) in [5.74, 6) is 0. The fourth-order valence-corrected chi connectivity index (χ4v) is 8.38. The molecule has 0 aliphatic heterocycles. The van der Waals surface area contributed by atoms with Crippen molar-refractivity contribution in [3.05, 3.63) is 35.9 Å². The summed E-state index contributed by atoms with van der Waals surface area (Å²) < 4.78 is 0. The molecule has 0 spiro atoms. The van der Waals surface area contributed by atoms with E-state index in [0.717, 1.165) is 6.42 Å². The van der Waals surface area contributed by atoms with Gasteiger partial charge in [0.05, 0.1) is 24.6 Å². The first-order valence-corrected chi connectivity index (χ1v) is 12.2. The average molecular weight is 398 g/mol. The first kappa shape index (κ1) is 23.5. The maximum absolute atomic E-state index is 5.95. The molecule has 0 amide bonds. The van der Waals surface area contributed by atoms with Gasteiger partial charge < -0.3 is 12.4 Å². The van der Waals surface area contributed by atoms with Gasteiger partial charge in [-0.1, -0.05) is 57.0 Å². The molecule has 0 saturated carbocycles. The van der Waals surface area contributed by atoms with Crippen LogP contribution in [0.1, 0.15) is 57.9 Å². The van der Waals surface area contributed by atoms with E-state index in [1.165, 1.54) is 62.3 Å². The van der Waals surface area contributed by atoms with Crippen LogP contribution in [0.2, 0.25) is 0 Å². The molecular weight excluding hydrogens is 366 g/mol. The summed E-state index contributed by atoms with van der Waals surface area (Å²) in [7, 11) is -0.925. The molecule has 0 saturated heterocycles. The van der Waals surface area contributed by atoms with Crippen LogP contribution < -0.4 is 12.4 Å². The maximum Gasteiger partial charge on any atom is 0.108 e. The van der Waals surface area contributed by atoms with E-state index in [-0.39, 0.29) is 17.2 Å². The van der Waals surface area contributed by atoms with Crippen molar-refractivity contribution in [1.29, 1.82) is 0 Å². The van der Waals surface area contributed by atoms with E-state index in [2.05, 4.69) is 44.2 Å². The lowest BCUT2D eigenvalue weighted by Gasteiger charge is -2.28. The molecule has 1 rings (SSSR count). The monoisotopic (exact) mass is 396 g/mol. The minimum atomic E-state index is -0.925. The maximum atomic E-state index is 5.95. The third-order valence-electron chi connectivity index (χ3n) is 4.39. The molecule has 0 atom stereocenters. The summed E-state index contributed by atoms with van der Waals surface area (Å²) >= 11 is 11.9. The third kappa shape index (κ3) is 10.2. The zero-order valence-corrected chi connectivity index (χ0v) is 17.8. The lowest BCUT2D eigenvalue weighted by atomic mass is 10.2. The van der Waals surface area contributed by atoms with E-state index in [1.54, 1.807) is 0 Å². The smallest absolute Gasteiger partial charge is 0.108 e. The Labute approximate surface area is 160 Å². The highest BCUT2D eigenvalue weighted by Gasteiger charge is 2.35. The summed E-state index contributed by atoms with van der Waals surface area (Å²) in [5, 5.41) is 0. The van der Waals surface area contributed by atoms with Crippen molar-refractivity contribution in [2.24, 2.45) is 0 Å². The average Bonchev–Trinajstić information content (AvgIpc) is 2.51. The van der Waals surface area contributed by atoms with Crippen molar-refractivity contribution in [2.45, 2.75) is 63.4 Å². The van der Waals surface area contributed by atoms with E-state index in [9.17, 15) is 0 Å². The molecule has 0 bridgehead atoms. The predicted octanol–water partition coefficient (Wildman–Crippen LogP) is 4.39. The predicted molar refractivity (Wildman–Crippen MR) is 106 cm³/mol. The Balaban J connectivity index is 0.00000484. The number of hydrogen-bond acceptors (Lipinski definition) is 0. The number of benzene rings is 1. The SMILES string of the molecule is CCCC[P+](CCCC)(CCCC(Cl)Cl)Cc1ccccc1.[Cl-]. The first-order valence-electron chi connectivity index (χ1n) is 8.79. The number of unbranched alkanes of at least 4 members (excludes halogenated alkanes) is 2. The third-order valence-corrected chi connectivity index (χ3v) is 9.65. The molecule has 0 aromatic heterocycles. The highest BCUT2D eigenvalue weighted by molar-refractivity contribution is 7.75. The molecule has 134 valence electrons. The molecule has 0 heterocycles. The molecule has 0 aliphatic carbocycles. The molecular formula is C19H32Cl3P. The Hall–Kier alpha value is 0.520. The number of rotatable bonds is 12. The van der Waals surface area contributed by atoms with E-state index in [1.807, 2.05) is 0 Å². The Morgan fingerprint density at radius 1 is 0.870 bits per heavy atom. The fraction of sp³-hybridized carbons (Fsp3) is 0.684. The van der Waals surface area contributed by atoms with Crippen LogP contribution in [0.3, 0.4) is 0 Å². The van der Waals surface area contributed by atoms with Crippen molar-refractivity contribution in [3.8, 4) is 0 Å². The van der Waals surface area contributed by atoms with Crippen LogP contribution in [0, 0.1) is 0 Å². The molecule has 0 aliphatic rings. The molecule has 0 unspecified atom stereocenters. The fourth-order valence-electron chi connectivity index (χ4n) is 3.11. The van der Waals surface area contributed by atoms with Crippen LogP contribution in [0.25, 0.3) is 0 Å². The van der Waals surface area contributed by atoms with Gasteiger partial charge in [0, 0.05) is 7.26 Å². The highest BCUT2D eigenvalue weighted by Crippen LogP contribution is 2.63. The Morgan fingerprint density at radius 2 is 1.39 bits per heavy atom. The van der Waals surface area contributed by atoms with Gasteiger partial charge in [0.2, 0.25) is 0 Å². The van der Waals surface area contributed by atoms with Crippen molar-refractivity contribution < 1.29 is 12.4 Å². The van der Waals surface area contributed by atoms with Crippen LogP contribution in [0.5, 0.6) is 0 Å². The van der Waals surface area contributed by atoms with Gasteiger partial charge in [-0.05, 0) is 31.2 Å². The van der Waals surface area contributed by atoms with Gasteiger partial charge in [-0.2, -0.15) is 0 Å². The lowest BCUT2D eigenvalue weighted by Crippen LogP contribution is -3.00. The van der Waals surface area contributed by atoms with Crippen molar-refractivity contribution in [2.75, 3.05) is 18.5 Å². The Kier molecular flexibility index (Phi) is 14.1. The largest absolute Gasteiger partial charge is 1.00 e. The van der Waals surface area contributed by atoms with Gasteiger partial charge in [0.1, 0.15) is 4.84 Å². The normalized spacial score (nSPS) is 11.5. The second kappa shape index (κ2) is 13.8. The second-order valence-electron chi connectivity index (χ2n) is 6.40. The van der Waals surface area contributed by atoms with Gasteiger partial charge >= 0.3 is 0 Å². The molecule has 23 heavy (non-hydrogen) atoms. The second-order valence-corrected chi connectivity index (χ2v) is 12.0. The van der Waals surface area contributed by atoms with Crippen LogP contribution >= 0.6 is 30.5 Å². The van der Waals surface area contributed by atoms with E-state index in [0.29, 0.717) is 0 Å². The molecule has 1 aromatic rings. The highest BCUT2D eigenvalue weighted by atomic mass is 35.5. The standard InChI is InChI=1S/C19H32Cl2P.ClH/c1-3-5-14-22(15-6-4-2,16-10-13-19(20)21)17-18-11-8-7-9-12-18;/h7-9,11-12,19H,3-6,10,13-17H2,1-2H3;1H/q+1;/p-1. The minimum absolute atomic E-state index is 0. The molecule has 1 aromatic carbocycles. The number of hydrogen-bond donors (Lipinski definition) is 0. The van der Waals surface area contributed by atoms with Gasteiger partial charge in [-0.15, -0.1) is 23.2 Å². The molecule has 0 N–H and O–H groups in total. The molecule has 0 radical (unpaired) electrons. The molecule has 4 heteroatoms. The lowest BCUT2D eigenvalue weighted by molar-refractivity contribution is -0.00000470. The van der Waals surface area contributed by atoms with Crippen LogP contribution in [0.4, 0.5) is 0 Å². The molecule has 0 nitrogen and oxygen atoms in total. The topological polar surface area (TPSA) is 0 Å². The van der Waals surface area contributed by atoms with Gasteiger partial charge in [0.25, 0.3) is 0 Å². The zero-order valence-electron chi connectivity index (χ0n) is 14.6. The minimum Gasteiger partial charge on any atom is -1.00 e. The summed E-state index contributed by atoms with van der Waals surface area (Å²) in [6.45, 7) is 4.62. The summed E-state index contributed by atoms with van der Waals surface area (Å²) in [6.07, 6.45) is 13.0. The molecule has 0 fully saturated rings. The summed E-state index contributed by atoms with van der Waals surface area (Å²) in [4.78, 5) is -0.198. The van der Waals surface area contributed by atoms with Crippen LogP contribution in [-0.2, 0) is 6.16 Å². The summed E-state index contributed by atoms with van der Waals surface area (Å²) in [6, 6.07) is 11.1. The Morgan fingerprint density at radius 3 is 1.87 bits per heavy atom. The van der Waals surface area contributed by atoms with Gasteiger partial charge in [-0.3, -0.25) is 0 Å². The van der Waals surface area contributed by atoms with Crippen molar-refractivity contribution in [3.63, 3.8) is 0 Å². The number of halogens is 3. The van der Waals surface area contributed by atoms with E-state index in [4.69, 9.17) is 23.2 Å². The van der Waals surface area contributed by atoms with Crippen LogP contribution in [0.15, 0.2) is 30.3 Å². The number of alkyl halides is 2. The zero-order chi connectivity index (χ0) is 16.3. The van der Waals surface area contributed by atoms with E-state index < -0.39 is 7.26 Å². The quantitative estimate of drug-likeness (QED) is 0.362. The van der Waals surface area contributed by atoms with Crippen molar-refractivity contribution >= 4 is 30.5 Å². The van der Waals surface area contributed by atoms with E-state index >= 15 is 0 Å². The first-order chi connectivity index (χ1) is 10.6. The van der Waals surface area contributed by atoms with Crippen molar-refractivity contribution in [1.82, 2.24) is 0 Å².